The van der Waals surface area contributed by atoms with E-state index < -0.39 is 17.7 Å². The van der Waals surface area contributed by atoms with Gasteiger partial charge in [0.1, 0.15) is 34.8 Å². The number of halogens is 1. The van der Waals surface area contributed by atoms with Crippen molar-refractivity contribution in [1.82, 2.24) is 29.4 Å². The Hall–Kier alpha value is -4.49. The van der Waals surface area contributed by atoms with Crippen LogP contribution in [0.3, 0.4) is 0 Å². The second-order valence-electron chi connectivity index (χ2n) is 12.1. The van der Waals surface area contributed by atoms with Crippen LogP contribution in [0.2, 0.25) is 0 Å². The molecule has 6 rings (SSSR count). The summed E-state index contributed by atoms with van der Waals surface area (Å²) in [6.45, 7) is 8.54. The van der Waals surface area contributed by atoms with Crippen LogP contribution in [0.5, 0.6) is 11.5 Å². The zero-order valence-corrected chi connectivity index (χ0v) is 27.4. The number of piperazine rings is 1. The van der Waals surface area contributed by atoms with Crippen LogP contribution in [-0.2, 0) is 11.8 Å². The van der Waals surface area contributed by atoms with E-state index >= 15 is 0 Å². The lowest BCUT2D eigenvalue weighted by molar-refractivity contribution is 0.00698. The van der Waals surface area contributed by atoms with Crippen molar-refractivity contribution in [2.45, 2.75) is 39.3 Å². The largest absolute Gasteiger partial charge is 0.457 e. The molecular weight excluding hydrogens is 640 g/mol. The zero-order chi connectivity index (χ0) is 31.9. The molecule has 1 atom stereocenters. The maximum atomic E-state index is 12.8. The Labute approximate surface area is 269 Å². The number of rotatable bonds is 6. The Bertz CT molecular complexity index is 1890. The molecule has 0 spiro atoms. The van der Waals surface area contributed by atoms with Crippen LogP contribution in [-0.4, -0.2) is 78.5 Å². The molecule has 1 aliphatic heterocycles. The number of ether oxygens (including phenoxy) is 2. The number of imidazole rings is 1. The first kappa shape index (κ1) is 30.5. The molecule has 12 nitrogen and oxygen atoms in total. The molecule has 0 radical (unpaired) electrons. The number of aliphatic hydroxyl groups is 1. The molecule has 45 heavy (non-hydrogen) atoms. The van der Waals surface area contributed by atoms with Crippen LogP contribution >= 0.6 is 15.9 Å². The molecule has 1 aliphatic rings. The summed E-state index contributed by atoms with van der Waals surface area (Å²) in [4.78, 5) is 34.7. The van der Waals surface area contributed by atoms with Crippen molar-refractivity contribution in [1.29, 1.82) is 0 Å². The van der Waals surface area contributed by atoms with Crippen molar-refractivity contribution in [3.05, 3.63) is 65.2 Å². The van der Waals surface area contributed by atoms with Gasteiger partial charge in [-0.05, 0) is 85.6 Å². The van der Waals surface area contributed by atoms with Crippen LogP contribution in [0.15, 0.2) is 59.6 Å². The second-order valence-corrected chi connectivity index (χ2v) is 12.9. The number of nitrogens with zero attached hydrogens (tertiary/aromatic N) is 7. The number of nitrogens with one attached hydrogen (secondary N) is 1. The van der Waals surface area contributed by atoms with Gasteiger partial charge >= 0.3 is 6.09 Å². The van der Waals surface area contributed by atoms with Crippen molar-refractivity contribution in [3.63, 3.8) is 0 Å². The number of pyridine rings is 1. The van der Waals surface area contributed by atoms with Crippen molar-refractivity contribution >= 4 is 61.4 Å². The highest BCUT2D eigenvalue weighted by molar-refractivity contribution is 9.10. The number of aromatic nitrogens is 5. The minimum absolute atomic E-state index is 0.201. The summed E-state index contributed by atoms with van der Waals surface area (Å²) in [5.74, 6) is 2.67. The lowest BCUT2D eigenvalue weighted by atomic mass is 10.1. The molecule has 4 heterocycles. The smallest absolute Gasteiger partial charge is 0.410 e. The summed E-state index contributed by atoms with van der Waals surface area (Å²) in [6, 6.07) is 13.1. The van der Waals surface area contributed by atoms with E-state index in [1.54, 1.807) is 11.2 Å². The van der Waals surface area contributed by atoms with Gasteiger partial charge in [0.25, 0.3) is 0 Å². The molecule has 0 bridgehead atoms. The third-order valence-electron chi connectivity index (χ3n) is 7.53. The van der Waals surface area contributed by atoms with Gasteiger partial charge in [0.15, 0.2) is 5.82 Å². The van der Waals surface area contributed by atoms with Gasteiger partial charge in [0.05, 0.1) is 40.0 Å². The zero-order valence-electron chi connectivity index (χ0n) is 25.8. The summed E-state index contributed by atoms with van der Waals surface area (Å²) >= 11 is 3.66. The minimum Gasteiger partial charge on any atom is -0.457 e. The Morgan fingerprint density at radius 1 is 1.09 bits per heavy atom. The molecule has 1 saturated heterocycles. The third kappa shape index (κ3) is 6.50. The van der Waals surface area contributed by atoms with Crippen LogP contribution in [0, 0.1) is 6.92 Å². The number of anilines is 3. The molecule has 13 heteroatoms. The number of amides is 1. The Morgan fingerprint density at radius 2 is 1.91 bits per heavy atom. The average molecular weight is 676 g/mol. The maximum absolute atomic E-state index is 12.8. The molecule has 5 aromatic rings. The van der Waals surface area contributed by atoms with Gasteiger partial charge in [-0.2, -0.15) is 0 Å². The molecule has 2 aromatic carbocycles. The number of aryl methyl sites for hydroxylation is 2. The average Bonchev–Trinajstić information content (AvgIpc) is 3.36. The summed E-state index contributed by atoms with van der Waals surface area (Å²) < 4.78 is 14.5. The molecule has 0 aliphatic carbocycles. The van der Waals surface area contributed by atoms with Crippen LogP contribution in [0.25, 0.3) is 22.1 Å². The van der Waals surface area contributed by atoms with E-state index in [-0.39, 0.29) is 6.61 Å². The summed E-state index contributed by atoms with van der Waals surface area (Å²) in [6.07, 6.45) is 2.84. The highest BCUT2D eigenvalue weighted by Gasteiger charge is 2.34. The first-order valence-corrected chi connectivity index (χ1v) is 15.4. The van der Waals surface area contributed by atoms with Crippen molar-refractivity contribution < 1.29 is 19.4 Å². The third-order valence-corrected chi connectivity index (χ3v) is 8.11. The Kier molecular flexibility index (Phi) is 8.23. The monoisotopic (exact) mass is 674 g/mol. The van der Waals surface area contributed by atoms with Crippen molar-refractivity contribution in [2.75, 3.05) is 36.5 Å². The highest BCUT2D eigenvalue weighted by atomic mass is 79.9. The van der Waals surface area contributed by atoms with Gasteiger partial charge in [0.2, 0.25) is 0 Å². The maximum Gasteiger partial charge on any atom is 0.410 e. The van der Waals surface area contributed by atoms with E-state index in [0.717, 1.165) is 32.5 Å². The number of hydrogen-bond donors (Lipinski definition) is 2. The van der Waals surface area contributed by atoms with E-state index in [0.29, 0.717) is 48.1 Å². The van der Waals surface area contributed by atoms with Crippen molar-refractivity contribution in [2.24, 2.45) is 7.05 Å². The fraction of sp³-hybridized carbons (Fsp3) is 0.344. The molecule has 234 valence electrons. The lowest BCUT2D eigenvalue weighted by Crippen LogP contribution is -2.57. The SMILES string of the molecule is Cc1cc(Nc2ncnc3cc(Br)c(N4CCN(C(=O)OC(C)(C)C)[C@H](CO)C4)nc23)ccc1Oc1ccc2c(c1)ncn2C. The van der Waals surface area contributed by atoms with Crippen molar-refractivity contribution in [3.8, 4) is 11.5 Å². The van der Waals surface area contributed by atoms with E-state index in [1.165, 1.54) is 6.33 Å². The molecule has 0 unspecified atom stereocenters. The van der Waals surface area contributed by atoms with Gasteiger partial charge in [-0.1, -0.05) is 0 Å². The highest BCUT2D eigenvalue weighted by Crippen LogP contribution is 2.34. The first-order valence-electron chi connectivity index (χ1n) is 14.6. The lowest BCUT2D eigenvalue weighted by Gasteiger charge is -2.41. The summed E-state index contributed by atoms with van der Waals surface area (Å²) in [5, 5.41) is 13.5. The molecular formula is C32H35BrN8O4. The van der Waals surface area contributed by atoms with E-state index in [2.05, 4.69) is 36.2 Å². The number of fused-ring (bicyclic) bond motifs is 2. The van der Waals surface area contributed by atoms with Crippen LogP contribution in [0.1, 0.15) is 26.3 Å². The molecule has 1 fully saturated rings. The number of carbonyl (C=O) groups is 1. The standard InChI is InChI=1S/C32H35BrN8O4/c1-19-12-20(6-9-27(19)44-22-7-8-26-24(13-22)36-18-39(26)5)37-29-28-25(34-17-35-29)14-23(33)30(38-28)40-10-11-41(21(15-40)16-42)31(43)45-32(2,3)4/h6-9,12-14,17-18,21,42H,10-11,15-16H2,1-5H3,(H,34,35,37)/t21-/m0/s1. The predicted octanol–water partition coefficient (Wildman–Crippen LogP) is 5.94. The van der Waals surface area contributed by atoms with E-state index in [9.17, 15) is 9.90 Å². The predicted molar refractivity (Wildman–Crippen MR) is 176 cm³/mol. The van der Waals surface area contributed by atoms with Gasteiger partial charge in [-0.25, -0.2) is 24.7 Å². The summed E-state index contributed by atoms with van der Waals surface area (Å²) in [7, 11) is 1.96. The topological polar surface area (TPSA) is 131 Å². The molecule has 0 saturated carbocycles. The molecule has 1 amide bonds. The quantitative estimate of drug-likeness (QED) is 0.223. The van der Waals surface area contributed by atoms with E-state index in [1.807, 2.05) is 86.7 Å². The van der Waals surface area contributed by atoms with Crippen LogP contribution < -0.4 is 15.0 Å². The van der Waals surface area contributed by atoms with Gasteiger partial charge in [-0.15, -0.1) is 0 Å². The second kappa shape index (κ2) is 12.1. The fourth-order valence-electron chi connectivity index (χ4n) is 5.31. The minimum atomic E-state index is -0.624. The number of hydrogen-bond acceptors (Lipinski definition) is 10. The fourth-order valence-corrected chi connectivity index (χ4v) is 5.87. The number of benzene rings is 2. The Morgan fingerprint density at radius 3 is 2.67 bits per heavy atom. The van der Waals surface area contributed by atoms with Crippen LogP contribution in [0.4, 0.5) is 22.1 Å². The normalized spacial score (nSPS) is 15.5. The van der Waals surface area contributed by atoms with Gasteiger partial charge in [-0.3, -0.25) is 4.90 Å². The number of carbonyl (C=O) groups excluding carboxylic acids is 1. The molecule has 2 N–H and O–H groups in total. The van der Waals surface area contributed by atoms with E-state index in [4.69, 9.17) is 14.5 Å². The number of aliphatic hydroxyl groups excluding tert-OH is 1. The first-order chi connectivity index (χ1) is 21.5. The Balaban J connectivity index is 1.22. The van der Waals surface area contributed by atoms with Gasteiger partial charge in [0, 0.05) is 38.4 Å². The summed E-state index contributed by atoms with van der Waals surface area (Å²) in [5.41, 5.74) is 4.30. The molecule has 3 aromatic heterocycles. The van der Waals surface area contributed by atoms with Gasteiger partial charge < -0.3 is 29.4 Å².